The molecule has 1 heterocycles. The Morgan fingerprint density at radius 3 is 2.84 bits per heavy atom. The van der Waals surface area contributed by atoms with Crippen molar-refractivity contribution in [1.82, 2.24) is 9.88 Å². The van der Waals surface area contributed by atoms with Gasteiger partial charge >= 0.3 is 0 Å². The van der Waals surface area contributed by atoms with E-state index in [0.29, 0.717) is 26.3 Å². The number of para-hydroxylation sites is 1. The van der Waals surface area contributed by atoms with E-state index in [0.717, 1.165) is 22.2 Å². The van der Waals surface area contributed by atoms with Crippen molar-refractivity contribution < 1.29 is 14.3 Å². The molecule has 0 bridgehead atoms. The molecule has 0 aliphatic rings. The quantitative estimate of drug-likeness (QED) is 0.643. The number of amides is 1. The molecule has 0 atom stereocenters. The Balaban J connectivity index is 1.54. The predicted molar refractivity (Wildman–Crippen MR) is 97.6 cm³/mol. The van der Waals surface area contributed by atoms with Gasteiger partial charge in [-0.15, -0.1) is 0 Å². The van der Waals surface area contributed by atoms with Crippen LogP contribution in [0.25, 0.3) is 10.9 Å². The van der Waals surface area contributed by atoms with Crippen molar-refractivity contribution in [3.05, 3.63) is 66.4 Å². The van der Waals surface area contributed by atoms with Gasteiger partial charge in [-0.2, -0.15) is 0 Å². The third-order valence-corrected chi connectivity index (χ3v) is 3.94. The molecule has 0 saturated carbocycles. The van der Waals surface area contributed by atoms with E-state index >= 15 is 0 Å². The number of ether oxygens (including phenoxy) is 2. The fourth-order valence-corrected chi connectivity index (χ4v) is 2.68. The minimum absolute atomic E-state index is 0.0212. The Bertz CT molecular complexity index is 842. The van der Waals surface area contributed by atoms with Crippen LogP contribution < -0.4 is 10.1 Å². The molecule has 3 aromatic rings. The van der Waals surface area contributed by atoms with Crippen molar-refractivity contribution in [1.29, 1.82) is 0 Å². The molecular formula is C20H22N2O3. The minimum Gasteiger partial charge on any atom is -0.491 e. The van der Waals surface area contributed by atoms with E-state index in [2.05, 4.69) is 5.32 Å². The van der Waals surface area contributed by atoms with Crippen LogP contribution in [0.2, 0.25) is 0 Å². The number of carbonyl (C=O) groups is 1. The van der Waals surface area contributed by atoms with Gasteiger partial charge in [0.1, 0.15) is 18.9 Å². The van der Waals surface area contributed by atoms with Crippen LogP contribution in [0.5, 0.6) is 5.75 Å². The Hall–Kier alpha value is -2.79. The van der Waals surface area contributed by atoms with Crippen LogP contribution in [0.1, 0.15) is 5.56 Å². The molecule has 0 saturated heterocycles. The van der Waals surface area contributed by atoms with Gasteiger partial charge < -0.3 is 19.4 Å². The van der Waals surface area contributed by atoms with Crippen molar-refractivity contribution >= 4 is 16.8 Å². The zero-order chi connectivity index (χ0) is 17.5. The Labute approximate surface area is 147 Å². The Morgan fingerprint density at radius 1 is 1.08 bits per heavy atom. The minimum atomic E-state index is -0.0212. The summed E-state index contributed by atoms with van der Waals surface area (Å²) in [7, 11) is 1.64. The second-order valence-corrected chi connectivity index (χ2v) is 5.77. The lowest BCUT2D eigenvalue weighted by Crippen LogP contribution is -2.26. The van der Waals surface area contributed by atoms with E-state index in [9.17, 15) is 4.79 Å². The molecule has 130 valence electrons. The van der Waals surface area contributed by atoms with Gasteiger partial charge in [0.15, 0.2) is 0 Å². The van der Waals surface area contributed by atoms with Gasteiger partial charge in [-0.25, -0.2) is 0 Å². The lowest BCUT2D eigenvalue weighted by molar-refractivity contribution is -0.121. The maximum absolute atomic E-state index is 12.2. The molecule has 2 aromatic carbocycles. The molecule has 0 spiro atoms. The smallest absolute Gasteiger partial charge is 0.240 e. The first kappa shape index (κ1) is 17.0. The van der Waals surface area contributed by atoms with E-state index in [1.54, 1.807) is 7.11 Å². The van der Waals surface area contributed by atoms with Crippen molar-refractivity contribution in [3.63, 3.8) is 0 Å². The van der Waals surface area contributed by atoms with Crippen LogP contribution in [-0.2, 0) is 22.6 Å². The standard InChI is InChI=1S/C20H22N2O3/c1-24-11-12-25-18-7-4-5-16(13-18)14-21-20(23)15-22-10-9-17-6-2-3-8-19(17)22/h2-10,13H,11-12,14-15H2,1H3,(H,21,23). The molecule has 0 fully saturated rings. The molecule has 25 heavy (non-hydrogen) atoms. The average molecular weight is 338 g/mol. The lowest BCUT2D eigenvalue weighted by atomic mass is 10.2. The van der Waals surface area contributed by atoms with Gasteiger partial charge in [-0.3, -0.25) is 4.79 Å². The number of methoxy groups -OCH3 is 1. The summed E-state index contributed by atoms with van der Waals surface area (Å²) in [6, 6.07) is 17.8. The molecule has 0 aliphatic carbocycles. The Morgan fingerprint density at radius 2 is 1.96 bits per heavy atom. The molecule has 5 nitrogen and oxygen atoms in total. The third-order valence-electron chi connectivity index (χ3n) is 3.94. The zero-order valence-electron chi connectivity index (χ0n) is 14.3. The number of carbonyl (C=O) groups excluding carboxylic acids is 1. The molecule has 5 heteroatoms. The molecule has 0 aliphatic heterocycles. The van der Waals surface area contributed by atoms with Crippen molar-refractivity contribution in [2.75, 3.05) is 20.3 Å². The van der Waals surface area contributed by atoms with Gasteiger partial charge in [-0.1, -0.05) is 30.3 Å². The molecule has 1 amide bonds. The second-order valence-electron chi connectivity index (χ2n) is 5.77. The summed E-state index contributed by atoms with van der Waals surface area (Å²) < 4.78 is 12.5. The van der Waals surface area contributed by atoms with Crippen molar-refractivity contribution in [2.24, 2.45) is 0 Å². The van der Waals surface area contributed by atoms with E-state index in [1.165, 1.54) is 0 Å². The fraction of sp³-hybridized carbons (Fsp3) is 0.250. The first-order valence-electron chi connectivity index (χ1n) is 8.27. The predicted octanol–water partition coefficient (Wildman–Crippen LogP) is 2.98. The summed E-state index contributed by atoms with van der Waals surface area (Å²) in [4.78, 5) is 12.2. The van der Waals surface area contributed by atoms with Gasteiger partial charge in [0, 0.05) is 25.4 Å². The summed E-state index contributed by atoms with van der Waals surface area (Å²) in [5, 5.41) is 4.09. The van der Waals surface area contributed by atoms with Gasteiger partial charge in [0.25, 0.3) is 0 Å². The normalized spacial score (nSPS) is 10.8. The number of hydrogen-bond donors (Lipinski definition) is 1. The number of rotatable bonds is 8. The number of aromatic nitrogens is 1. The van der Waals surface area contributed by atoms with Crippen LogP contribution in [0.15, 0.2) is 60.8 Å². The van der Waals surface area contributed by atoms with E-state index in [1.807, 2.05) is 65.4 Å². The Kier molecular flexibility index (Phi) is 5.69. The summed E-state index contributed by atoms with van der Waals surface area (Å²) in [5.41, 5.74) is 2.06. The number of nitrogens with zero attached hydrogens (tertiary/aromatic N) is 1. The second kappa shape index (κ2) is 8.35. The summed E-state index contributed by atoms with van der Waals surface area (Å²) in [6.07, 6.45) is 1.94. The van der Waals surface area contributed by atoms with Crippen molar-refractivity contribution in [3.8, 4) is 5.75 Å². The lowest BCUT2D eigenvalue weighted by Gasteiger charge is -2.10. The number of benzene rings is 2. The largest absolute Gasteiger partial charge is 0.491 e. The van der Waals surface area contributed by atoms with Gasteiger partial charge in [-0.05, 0) is 35.2 Å². The monoisotopic (exact) mass is 338 g/mol. The molecule has 1 aromatic heterocycles. The summed E-state index contributed by atoms with van der Waals surface area (Å²) in [5.74, 6) is 0.757. The number of fused-ring (bicyclic) bond motifs is 1. The van der Waals surface area contributed by atoms with Crippen LogP contribution in [0.4, 0.5) is 0 Å². The molecule has 1 N–H and O–H groups in total. The topological polar surface area (TPSA) is 52.5 Å². The van der Waals surface area contributed by atoms with E-state index in [-0.39, 0.29) is 5.91 Å². The maximum Gasteiger partial charge on any atom is 0.240 e. The highest BCUT2D eigenvalue weighted by Gasteiger charge is 2.06. The molecule has 0 radical (unpaired) electrons. The van der Waals surface area contributed by atoms with Gasteiger partial charge in [0.2, 0.25) is 5.91 Å². The third kappa shape index (κ3) is 4.61. The molecule has 3 rings (SSSR count). The zero-order valence-corrected chi connectivity index (χ0v) is 14.3. The van der Waals surface area contributed by atoms with Crippen molar-refractivity contribution in [2.45, 2.75) is 13.1 Å². The first-order valence-corrected chi connectivity index (χ1v) is 8.27. The first-order chi connectivity index (χ1) is 12.3. The average Bonchev–Trinajstić information content (AvgIpc) is 3.04. The van der Waals surface area contributed by atoms with E-state index < -0.39 is 0 Å². The summed E-state index contributed by atoms with van der Waals surface area (Å²) in [6.45, 7) is 1.83. The van der Waals surface area contributed by atoms with Crippen LogP contribution in [0, 0.1) is 0 Å². The molecule has 0 unspecified atom stereocenters. The highest BCUT2D eigenvalue weighted by atomic mass is 16.5. The highest BCUT2D eigenvalue weighted by molar-refractivity contribution is 5.83. The fourth-order valence-electron chi connectivity index (χ4n) is 2.68. The highest BCUT2D eigenvalue weighted by Crippen LogP contribution is 2.15. The summed E-state index contributed by atoms with van der Waals surface area (Å²) >= 11 is 0. The van der Waals surface area contributed by atoms with Crippen LogP contribution in [-0.4, -0.2) is 30.8 Å². The van der Waals surface area contributed by atoms with Crippen LogP contribution in [0.3, 0.4) is 0 Å². The SMILES string of the molecule is COCCOc1cccc(CNC(=O)Cn2ccc3ccccc32)c1. The van der Waals surface area contributed by atoms with E-state index in [4.69, 9.17) is 9.47 Å². The molecular weight excluding hydrogens is 316 g/mol. The van der Waals surface area contributed by atoms with Gasteiger partial charge in [0.05, 0.1) is 6.61 Å². The number of nitrogens with one attached hydrogen (secondary N) is 1. The van der Waals surface area contributed by atoms with Crippen LogP contribution >= 0.6 is 0 Å². The number of hydrogen-bond acceptors (Lipinski definition) is 3. The maximum atomic E-state index is 12.2.